The van der Waals surface area contributed by atoms with Crippen molar-refractivity contribution in [3.8, 4) is 22.1 Å². The van der Waals surface area contributed by atoms with Crippen LogP contribution in [0.5, 0.6) is 11.5 Å². The molecule has 2 fully saturated rings. The first-order valence-corrected chi connectivity index (χ1v) is 16.6. The molecule has 1 aliphatic carbocycles. The van der Waals surface area contributed by atoms with Crippen molar-refractivity contribution in [3.05, 3.63) is 86.0 Å². The van der Waals surface area contributed by atoms with Crippen molar-refractivity contribution in [1.82, 2.24) is 30.6 Å². The first-order chi connectivity index (χ1) is 21.7. The molecule has 9 nitrogen and oxygen atoms in total. The third-order valence-corrected chi connectivity index (χ3v) is 10.0. The maximum absolute atomic E-state index is 15.6. The maximum Gasteiger partial charge on any atom is 0.267 e. The number of nitrogens with zero attached hydrogens (tertiary/aromatic N) is 4. The van der Waals surface area contributed by atoms with Crippen LogP contribution < -0.4 is 15.6 Å². The average molecular weight is 631 g/mol. The van der Waals surface area contributed by atoms with Crippen molar-refractivity contribution in [3.63, 3.8) is 0 Å². The number of carbonyl (C=O) groups is 1. The second-order valence-corrected chi connectivity index (χ2v) is 13.4. The molecular formula is C34H39FN6O3S. The summed E-state index contributed by atoms with van der Waals surface area (Å²) >= 11 is 1.55. The van der Waals surface area contributed by atoms with Crippen LogP contribution in [0.4, 0.5) is 4.39 Å². The predicted molar refractivity (Wildman–Crippen MR) is 173 cm³/mol. The van der Waals surface area contributed by atoms with Crippen molar-refractivity contribution >= 4 is 17.2 Å². The molecule has 0 atom stereocenters. The van der Waals surface area contributed by atoms with Gasteiger partial charge in [-0.1, -0.05) is 38.0 Å². The Bertz CT molecular complexity index is 1710. The summed E-state index contributed by atoms with van der Waals surface area (Å²) in [4.78, 5) is 28.5. The average Bonchev–Trinajstić information content (AvgIpc) is 3.75. The van der Waals surface area contributed by atoms with Crippen LogP contribution in [-0.2, 0) is 6.42 Å². The Balaban J connectivity index is 1.23. The lowest BCUT2D eigenvalue weighted by molar-refractivity contribution is 0.0888. The topological polar surface area (TPSA) is 113 Å². The normalized spacial score (nSPS) is 16.4. The van der Waals surface area contributed by atoms with Crippen LogP contribution >= 0.6 is 11.3 Å². The summed E-state index contributed by atoms with van der Waals surface area (Å²) in [6, 6.07) is 12.5. The number of aromatic nitrogens is 4. The number of hydrogen-bond donors (Lipinski definition) is 2. The number of piperidine rings is 1. The molecule has 0 spiro atoms. The molecule has 2 aliphatic rings. The Morgan fingerprint density at radius 3 is 2.49 bits per heavy atom. The van der Waals surface area contributed by atoms with Crippen molar-refractivity contribution in [1.29, 1.82) is 0 Å². The zero-order chi connectivity index (χ0) is 31.5. The number of carbonyl (C=O) groups excluding carboxylic acids is 1. The minimum absolute atomic E-state index is 0.0129. The lowest BCUT2D eigenvalue weighted by Crippen LogP contribution is -2.47. The minimum atomic E-state index is -0.659. The smallest absolute Gasteiger partial charge is 0.267 e. The molecular weight excluding hydrogens is 591 g/mol. The van der Waals surface area contributed by atoms with Gasteiger partial charge in [0.25, 0.3) is 11.5 Å². The molecule has 2 aromatic carbocycles. The molecule has 1 amide bonds. The van der Waals surface area contributed by atoms with Gasteiger partial charge in [0.15, 0.2) is 0 Å². The van der Waals surface area contributed by atoms with Gasteiger partial charge < -0.3 is 15.0 Å². The number of rotatable bonds is 9. The zero-order valence-electron chi connectivity index (χ0n) is 25.9. The Kier molecular flexibility index (Phi) is 9.37. The Morgan fingerprint density at radius 1 is 1.07 bits per heavy atom. The molecule has 2 N–H and O–H groups in total. The fourth-order valence-corrected chi connectivity index (χ4v) is 7.07. The van der Waals surface area contributed by atoms with Crippen molar-refractivity contribution < 1.29 is 13.9 Å². The van der Waals surface area contributed by atoms with E-state index in [1.807, 2.05) is 12.1 Å². The predicted octanol–water partition coefficient (Wildman–Crippen LogP) is 6.38. The van der Waals surface area contributed by atoms with E-state index >= 15 is 4.39 Å². The van der Waals surface area contributed by atoms with Gasteiger partial charge in [-0.3, -0.25) is 9.59 Å². The molecule has 0 unspecified atom stereocenters. The van der Waals surface area contributed by atoms with Crippen LogP contribution in [0.25, 0.3) is 10.6 Å². The lowest BCUT2D eigenvalue weighted by Gasteiger charge is -2.36. The number of aryl methyl sites for hydroxylation is 1. The van der Waals surface area contributed by atoms with E-state index in [0.717, 1.165) is 41.5 Å². The number of aromatic amines is 1. The SMILES string of the molecule is Cc1cc(Cc2cc(F)c(C(=O)NC3CCN(C4CCCC4)CC3)cc2Oc2ccc(-c3nnc(C(C)C)s3)cc2)c(=O)[nH]n1. The zero-order valence-corrected chi connectivity index (χ0v) is 26.8. The number of amides is 1. The number of halogens is 1. The van der Waals surface area contributed by atoms with E-state index in [9.17, 15) is 9.59 Å². The molecule has 1 saturated carbocycles. The molecule has 236 valence electrons. The van der Waals surface area contributed by atoms with Gasteiger partial charge in [0.2, 0.25) is 0 Å². The second-order valence-electron chi connectivity index (χ2n) is 12.4. The van der Waals surface area contributed by atoms with Gasteiger partial charge in [-0.05, 0) is 75.1 Å². The van der Waals surface area contributed by atoms with Gasteiger partial charge in [-0.2, -0.15) is 5.10 Å². The highest BCUT2D eigenvalue weighted by Gasteiger charge is 2.28. The quantitative estimate of drug-likeness (QED) is 0.221. The lowest BCUT2D eigenvalue weighted by atomic mass is 10.00. The van der Waals surface area contributed by atoms with E-state index in [0.29, 0.717) is 40.3 Å². The first kappa shape index (κ1) is 31.0. The molecule has 1 aliphatic heterocycles. The van der Waals surface area contributed by atoms with E-state index in [1.54, 1.807) is 36.5 Å². The standard InChI is InChI=1S/C34H39FN6O3S/c1-20(2)33-39-40-34(45-33)22-8-10-27(11-9-22)44-30-19-28(29(35)18-23(30)17-24-16-21(3)37-38-31(24)42)32(43)36-25-12-14-41(15-13-25)26-6-4-5-7-26/h8-11,16,18-20,25-26H,4-7,12-15,17H2,1-3H3,(H,36,43)(H,38,42). The number of H-pyrrole nitrogens is 1. The van der Waals surface area contributed by atoms with Crippen LogP contribution in [0.2, 0.25) is 0 Å². The van der Waals surface area contributed by atoms with Gasteiger partial charge in [0, 0.05) is 54.2 Å². The van der Waals surface area contributed by atoms with E-state index in [2.05, 4.69) is 44.5 Å². The fourth-order valence-electron chi connectivity index (χ4n) is 6.22. The van der Waals surface area contributed by atoms with E-state index in [1.165, 1.54) is 37.8 Å². The Hall–Kier alpha value is -3.96. The number of hydrogen-bond acceptors (Lipinski definition) is 8. The number of benzene rings is 2. The summed E-state index contributed by atoms with van der Waals surface area (Å²) in [6.07, 6.45) is 6.89. The summed E-state index contributed by atoms with van der Waals surface area (Å²) in [5.41, 5.74) is 1.96. The van der Waals surface area contributed by atoms with Crippen molar-refractivity contribution in [2.45, 2.75) is 83.7 Å². The molecule has 0 radical (unpaired) electrons. The number of ether oxygens (including phenoxy) is 1. The van der Waals surface area contributed by atoms with Gasteiger partial charge in [0.05, 0.1) is 11.3 Å². The van der Waals surface area contributed by atoms with Crippen LogP contribution in [-0.4, -0.2) is 56.4 Å². The Labute approximate surface area is 266 Å². The van der Waals surface area contributed by atoms with Crippen LogP contribution in [0.3, 0.4) is 0 Å². The number of likely N-dealkylation sites (tertiary alicyclic amines) is 1. The highest BCUT2D eigenvalue weighted by atomic mass is 32.1. The van der Waals surface area contributed by atoms with E-state index in [-0.39, 0.29) is 23.6 Å². The minimum Gasteiger partial charge on any atom is -0.457 e. The molecule has 0 bridgehead atoms. The van der Waals surface area contributed by atoms with Gasteiger partial charge >= 0.3 is 0 Å². The summed E-state index contributed by atoms with van der Waals surface area (Å²) < 4.78 is 21.9. The van der Waals surface area contributed by atoms with E-state index in [4.69, 9.17) is 4.74 Å². The molecule has 45 heavy (non-hydrogen) atoms. The van der Waals surface area contributed by atoms with Crippen LogP contribution in [0, 0.1) is 12.7 Å². The van der Waals surface area contributed by atoms with Gasteiger partial charge in [-0.15, -0.1) is 10.2 Å². The summed E-state index contributed by atoms with van der Waals surface area (Å²) in [7, 11) is 0. The molecule has 3 heterocycles. The van der Waals surface area contributed by atoms with Crippen LogP contribution in [0.1, 0.15) is 90.5 Å². The maximum atomic E-state index is 15.6. The molecule has 4 aromatic rings. The molecule has 11 heteroatoms. The second kappa shape index (κ2) is 13.6. The van der Waals surface area contributed by atoms with Crippen LogP contribution in [0.15, 0.2) is 47.3 Å². The summed E-state index contributed by atoms with van der Waals surface area (Å²) in [6.45, 7) is 7.81. The third-order valence-electron chi connectivity index (χ3n) is 8.75. The molecule has 6 rings (SSSR count). The third kappa shape index (κ3) is 7.31. The van der Waals surface area contributed by atoms with Gasteiger partial charge in [0.1, 0.15) is 27.3 Å². The summed E-state index contributed by atoms with van der Waals surface area (Å²) in [5, 5.41) is 19.9. The van der Waals surface area contributed by atoms with E-state index < -0.39 is 11.7 Å². The fraction of sp³-hybridized carbons (Fsp3) is 0.441. The molecule has 2 aromatic heterocycles. The van der Waals surface area contributed by atoms with Crippen molar-refractivity contribution in [2.24, 2.45) is 0 Å². The monoisotopic (exact) mass is 630 g/mol. The van der Waals surface area contributed by atoms with Crippen molar-refractivity contribution in [2.75, 3.05) is 13.1 Å². The first-order valence-electron chi connectivity index (χ1n) is 15.8. The highest BCUT2D eigenvalue weighted by molar-refractivity contribution is 7.14. The molecule has 1 saturated heterocycles. The summed E-state index contributed by atoms with van der Waals surface area (Å²) in [5.74, 6) is -0.0207. The van der Waals surface area contributed by atoms with Gasteiger partial charge in [-0.25, -0.2) is 9.49 Å². The largest absolute Gasteiger partial charge is 0.457 e. The number of nitrogens with one attached hydrogen (secondary N) is 2. The highest BCUT2D eigenvalue weighted by Crippen LogP contribution is 2.33. The Morgan fingerprint density at radius 2 is 1.80 bits per heavy atom.